The summed E-state index contributed by atoms with van der Waals surface area (Å²) < 4.78 is 16.5. The zero-order valence-electron chi connectivity index (χ0n) is 14.8. The molecule has 1 heterocycles. The first-order valence-electron chi connectivity index (χ1n) is 8.38. The van der Waals surface area contributed by atoms with Crippen molar-refractivity contribution < 1.29 is 23.8 Å². The summed E-state index contributed by atoms with van der Waals surface area (Å²) in [5.74, 6) is 0.179. The number of amides is 1. The van der Waals surface area contributed by atoms with Gasteiger partial charge in [-0.1, -0.05) is 30.3 Å². The Morgan fingerprint density at radius 1 is 1.15 bits per heavy atom. The second kappa shape index (κ2) is 7.47. The van der Waals surface area contributed by atoms with Crippen LogP contribution in [0.25, 0.3) is 0 Å². The minimum atomic E-state index is -0.967. The number of esters is 1. The van der Waals surface area contributed by atoms with Crippen molar-refractivity contribution in [1.29, 1.82) is 0 Å². The van der Waals surface area contributed by atoms with Crippen LogP contribution in [0.5, 0.6) is 11.5 Å². The van der Waals surface area contributed by atoms with Gasteiger partial charge in [0.2, 0.25) is 0 Å². The van der Waals surface area contributed by atoms with E-state index < -0.39 is 11.6 Å². The van der Waals surface area contributed by atoms with E-state index in [1.54, 1.807) is 25.1 Å². The zero-order valence-corrected chi connectivity index (χ0v) is 14.8. The Morgan fingerprint density at radius 2 is 1.88 bits per heavy atom. The van der Waals surface area contributed by atoms with Crippen LogP contribution in [0, 0.1) is 0 Å². The molecule has 1 saturated heterocycles. The lowest BCUT2D eigenvalue weighted by molar-refractivity contribution is -0.131. The molecule has 2 aromatic carbocycles. The molecule has 136 valence electrons. The van der Waals surface area contributed by atoms with E-state index in [0.717, 1.165) is 5.56 Å². The molecule has 6 heteroatoms. The molecule has 0 bridgehead atoms. The van der Waals surface area contributed by atoms with Crippen LogP contribution >= 0.6 is 0 Å². The maximum atomic E-state index is 12.0. The maximum absolute atomic E-state index is 12.0. The van der Waals surface area contributed by atoms with Gasteiger partial charge >= 0.3 is 5.97 Å². The highest BCUT2D eigenvalue weighted by Gasteiger charge is 2.40. The number of hydrogen-bond acceptors (Lipinski definition) is 5. The van der Waals surface area contributed by atoms with E-state index in [9.17, 15) is 9.59 Å². The molecular formula is C20H21NO5. The van der Waals surface area contributed by atoms with E-state index in [1.807, 2.05) is 30.3 Å². The molecule has 1 atom stereocenters. The van der Waals surface area contributed by atoms with Crippen molar-refractivity contribution in [1.82, 2.24) is 5.32 Å². The van der Waals surface area contributed by atoms with Gasteiger partial charge in [0.05, 0.1) is 12.7 Å². The lowest BCUT2D eigenvalue weighted by Gasteiger charge is -2.23. The Bertz CT molecular complexity index is 805. The Labute approximate surface area is 152 Å². The summed E-state index contributed by atoms with van der Waals surface area (Å²) in [6.45, 7) is 2.64. The molecule has 0 unspecified atom stereocenters. The Kier molecular flexibility index (Phi) is 5.11. The van der Waals surface area contributed by atoms with Crippen LogP contribution in [0.4, 0.5) is 0 Å². The molecule has 26 heavy (non-hydrogen) atoms. The van der Waals surface area contributed by atoms with Crippen molar-refractivity contribution in [3.63, 3.8) is 0 Å². The molecule has 0 aliphatic carbocycles. The Hall–Kier alpha value is -3.02. The first kappa shape index (κ1) is 17.8. The number of ether oxygens (including phenoxy) is 3. The Morgan fingerprint density at radius 3 is 2.54 bits per heavy atom. The first-order valence-corrected chi connectivity index (χ1v) is 8.38. The van der Waals surface area contributed by atoms with Crippen LogP contribution < -0.4 is 14.8 Å². The molecule has 1 aliphatic heterocycles. The van der Waals surface area contributed by atoms with Gasteiger partial charge < -0.3 is 19.5 Å². The third-order valence-corrected chi connectivity index (χ3v) is 4.26. The molecule has 1 N–H and O–H groups in total. The zero-order chi connectivity index (χ0) is 18.6. The first-order chi connectivity index (χ1) is 12.5. The molecule has 0 spiro atoms. The van der Waals surface area contributed by atoms with Gasteiger partial charge in [-0.3, -0.25) is 4.79 Å². The molecule has 0 radical (unpaired) electrons. The van der Waals surface area contributed by atoms with E-state index in [-0.39, 0.29) is 5.91 Å². The van der Waals surface area contributed by atoms with Crippen LogP contribution in [0.2, 0.25) is 0 Å². The molecular weight excluding hydrogens is 334 g/mol. The van der Waals surface area contributed by atoms with Crippen molar-refractivity contribution in [2.45, 2.75) is 25.6 Å². The standard InChI is InChI=1S/C20H21NO5/c1-20(8-9-21-19(20)23)26-17-11-15(18(22)24-2)10-16(12-17)25-13-14-6-4-3-5-7-14/h3-7,10-12H,8-9,13H2,1-2H3,(H,21,23)/t20-/m0/s1. The van der Waals surface area contributed by atoms with Crippen molar-refractivity contribution in [2.24, 2.45) is 0 Å². The maximum Gasteiger partial charge on any atom is 0.338 e. The average molecular weight is 355 g/mol. The second-order valence-corrected chi connectivity index (χ2v) is 6.30. The van der Waals surface area contributed by atoms with Crippen molar-refractivity contribution in [3.8, 4) is 11.5 Å². The summed E-state index contributed by atoms with van der Waals surface area (Å²) in [5, 5.41) is 2.75. The largest absolute Gasteiger partial charge is 0.489 e. The van der Waals surface area contributed by atoms with Gasteiger partial charge in [0.15, 0.2) is 5.60 Å². The fourth-order valence-corrected chi connectivity index (χ4v) is 2.76. The van der Waals surface area contributed by atoms with E-state index in [2.05, 4.69) is 5.32 Å². The van der Waals surface area contributed by atoms with Crippen LogP contribution in [0.1, 0.15) is 29.3 Å². The summed E-state index contributed by atoms with van der Waals surface area (Å²) in [6, 6.07) is 14.5. The number of nitrogens with one attached hydrogen (secondary N) is 1. The monoisotopic (exact) mass is 355 g/mol. The number of carbonyl (C=O) groups is 2. The number of rotatable bonds is 6. The third-order valence-electron chi connectivity index (χ3n) is 4.26. The van der Waals surface area contributed by atoms with Gasteiger partial charge in [0, 0.05) is 19.0 Å². The van der Waals surface area contributed by atoms with Crippen LogP contribution in [0.15, 0.2) is 48.5 Å². The highest BCUT2D eigenvalue weighted by molar-refractivity contribution is 5.90. The minimum Gasteiger partial charge on any atom is -0.489 e. The van der Waals surface area contributed by atoms with Crippen molar-refractivity contribution in [2.75, 3.05) is 13.7 Å². The van der Waals surface area contributed by atoms with Crippen molar-refractivity contribution >= 4 is 11.9 Å². The van der Waals surface area contributed by atoms with E-state index in [0.29, 0.717) is 36.6 Å². The predicted octanol–water partition coefficient (Wildman–Crippen LogP) is 2.71. The van der Waals surface area contributed by atoms with Gasteiger partial charge in [-0.2, -0.15) is 0 Å². The summed E-state index contributed by atoms with van der Waals surface area (Å²) in [6.07, 6.45) is 0.550. The highest BCUT2D eigenvalue weighted by atomic mass is 16.5. The SMILES string of the molecule is COC(=O)c1cc(OCc2ccccc2)cc(O[C@@]2(C)CCNC2=O)c1. The van der Waals surface area contributed by atoms with Gasteiger partial charge in [0.1, 0.15) is 18.1 Å². The molecule has 1 amide bonds. The van der Waals surface area contributed by atoms with Crippen LogP contribution in [-0.4, -0.2) is 31.1 Å². The van der Waals surface area contributed by atoms with Crippen molar-refractivity contribution in [3.05, 3.63) is 59.7 Å². The molecule has 3 rings (SSSR count). The number of methoxy groups -OCH3 is 1. The van der Waals surface area contributed by atoms with Gasteiger partial charge in [-0.05, 0) is 24.6 Å². The van der Waals surface area contributed by atoms with E-state index in [4.69, 9.17) is 14.2 Å². The molecule has 1 aliphatic rings. The number of carbonyl (C=O) groups excluding carboxylic acids is 2. The molecule has 0 saturated carbocycles. The fraction of sp³-hybridized carbons (Fsp3) is 0.300. The van der Waals surface area contributed by atoms with E-state index in [1.165, 1.54) is 7.11 Å². The minimum absolute atomic E-state index is 0.173. The lowest BCUT2D eigenvalue weighted by atomic mass is 10.1. The second-order valence-electron chi connectivity index (χ2n) is 6.30. The lowest BCUT2D eigenvalue weighted by Crippen LogP contribution is -2.40. The van der Waals surface area contributed by atoms with Gasteiger partial charge in [-0.15, -0.1) is 0 Å². The molecule has 6 nitrogen and oxygen atoms in total. The summed E-state index contributed by atoms with van der Waals surface area (Å²) in [5.41, 5.74) is 0.335. The molecule has 2 aromatic rings. The molecule has 1 fully saturated rings. The smallest absolute Gasteiger partial charge is 0.338 e. The van der Waals surface area contributed by atoms with Crippen LogP contribution in [-0.2, 0) is 16.1 Å². The fourth-order valence-electron chi connectivity index (χ4n) is 2.76. The topological polar surface area (TPSA) is 73.9 Å². The highest BCUT2D eigenvalue weighted by Crippen LogP contribution is 2.30. The normalized spacial score (nSPS) is 18.9. The number of hydrogen-bond donors (Lipinski definition) is 1. The third kappa shape index (κ3) is 3.96. The summed E-state index contributed by atoms with van der Waals surface area (Å²) in [4.78, 5) is 24.0. The Balaban J connectivity index is 1.84. The predicted molar refractivity (Wildman–Crippen MR) is 95.2 cm³/mol. The average Bonchev–Trinajstić information content (AvgIpc) is 2.98. The summed E-state index contributed by atoms with van der Waals surface area (Å²) in [7, 11) is 1.31. The number of benzene rings is 2. The van der Waals surface area contributed by atoms with Crippen LogP contribution in [0.3, 0.4) is 0 Å². The van der Waals surface area contributed by atoms with Gasteiger partial charge in [0.25, 0.3) is 5.91 Å². The van der Waals surface area contributed by atoms with E-state index >= 15 is 0 Å². The van der Waals surface area contributed by atoms with Gasteiger partial charge in [-0.25, -0.2) is 4.79 Å². The quantitative estimate of drug-likeness (QED) is 0.807. The molecule has 0 aromatic heterocycles. The summed E-state index contributed by atoms with van der Waals surface area (Å²) >= 11 is 0.